The number of aliphatic hydroxyl groups is 1. The summed E-state index contributed by atoms with van der Waals surface area (Å²) in [6, 6.07) is 12.1. The highest BCUT2D eigenvalue weighted by atomic mass is 16.5. The molecule has 1 aliphatic heterocycles. The molecule has 1 amide bonds. The Balaban J connectivity index is 1.90. The van der Waals surface area contributed by atoms with Gasteiger partial charge in [0.2, 0.25) is 0 Å². The Labute approximate surface area is 200 Å². The third-order valence-electron chi connectivity index (χ3n) is 6.84. The fourth-order valence-corrected chi connectivity index (χ4v) is 5.01. The minimum atomic E-state index is -0.672. The van der Waals surface area contributed by atoms with Gasteiger partial charge in [-0.25, -0.2) is 0 Å². The number of aliphatic hydroxyl groups excluding tert-OH is 1. The Morgan fingerprint density at radius 3 is 2.24 bits per heavy atom. The molecule has 1 unspecified atom stereocenters. The molecule has 4 rings (SSSR count). The second-order valence-electron chi connectivity index (χ2n) is 9.05. The van der Waals surface area contributed by atoms with Crippen LogP contribution in [0.15, 0.2) is 48.0 Å². The lowest BCUT2D eigenvalue weighted by atomic mass is 9.90. The number of benzene rings is 2. The first-order valence-corrected chi connectivity index (χ1v) is 11.7. The predicted octanol–water partition coefficient (Wildman–Crippen LogP) is 4.52. The molecule has 1 saturated carbocycles. The van der Waals surface area contributed by atoms with E-state index in [-0.39, 0.29) is 17.4 Å². The Morgan fingerprint density at radius 1 is 0.971 bits per heavy atom. The third kappa shape index (κ3) is 4.22. The van der Waals surface area contributed by atoms with E-state index in [0.717, 1.165) is 43.4 Å². The molecule has 1 N–H and O–H groups in total. The van der Waals surface area contributed by atoms with Crippen molar-refractivity contribution in [3.05, 3.63) is 59.2 Å². The molecule has 7 nitrogen and oxygen atoms in total. The first kappa shape index (κ1) is 23.7. The molecule has 2 aromatic carbocycles. The number of likely N-dealkylation sites (tertiary alicyclic amines) is 1. The predicted molar refractivity (Wildman–Crippen MR) is 131 cm³/mol. The van der Waals surface area contributed by atoms with Crippen LogP contribution in [0.3, 0.4) is 0 Å². The third-order valence-corrected chi connectivity index (χ3v) is 6.84. The number of Topliss-reactive ketones (excluding diaryl/α,β-unsaturated/α-hetero) is 1. The lowest BCUT2D eigenvalue weighted by molar-refractivity contribution is -0.141. The van der Waals surface area contributed by atoms with Crippen molar-refractivity contribution in [2.75, 3.05) is 33.2 Å². The standard InChI is InChI=1S/C27H32N2O5/c1-28(2)18-12-10-17(11-13-18)24-23(25(30)21-16-20(33-3)14-15-22(21)34-4)26(31)27(32)29(24)19-8-6-5-7-9-19/h10-16,19,24,30H,5-9H2,1-4H3/b25-23+. The summed E-state index contributed by atoms with van der Waals surface area (Å²) in [5.41, 5.74) is 2.20. The topological polar surface area (TPSA) is 79.3 Å². The molecule has 2 fully saturated rings. The molecule has 0 spiro atoms. The summed E-state index contributed by atoms with van der Waals surface area (Å²) in [6.45, 7) is 0. The highest BCUT2D eigenvalue weighted by Crippen LogP contribution is 2.44. The monoisotopic (exact) mass is 464 g/mol. The molecule has 180 valence electrons. The zero-order valence-corrected chi connectivity index (χ0v) is 20.2. The summed E-state index contributed by atoms with van der Waals surface area (Å²) in [5, 5.41) is 11.5. The summed E-state index contributed by atoms with van der Waals surface area (Å²) in [5.74, 6) is -0.583. The maximum Gasteiger partial charge on any atom is 0.295 e. The molecule has 1 heterocycles. The lowest BCUT2D eigenvalue weighted by Crippen LogP contribution is -2.40. The van der Waals surface area contributed by atoms with Gasteiger partial charge in [0, 0.05) is 25.8 Å². The molecule has 1 aliphatic carbocycles. The van der Waals surface area contributed by atoms with Crippen LogP contribution in [0.25, 0.3) is 5.76 Å². The zero-order valence-electron chi connectivity index (χ0n) is 20.2. The van der Waals surface area contributed by atoms with Crippen LogP contribution in [-0.2, 0) is 9.59 Å². The van der Waals surface area contributed by atoms with Crippen molar-refractivity contribution >= 4 is 23.1 Å². The van der Waals surface area contributed by atoms with Crippen LogP contribution in [-0.4, -0.2) is 56.1 Å². The van der Waals surface area contributed by atoms with Crippen LogP contribution in [0.2, 0.25) is 0 Å². The van der Waals surface area contributed by atoms with E-state index < -0.39 is 17.7 Å². The van der Waals surface area contributed by atoms with Gasteiger partial charge in [0.05, 0.1) is 31.4 Å². The number of hydrogen-bond acceptors (Lipinski definition) is 6. The molecule has 0 bridgehead atoms. The van der Waals surface area contributed by atoms with Gasteiger partial charge in [-0.1, -0.05) is 31.4 Å². The number of anilines is 1. The molecular formula is C27H32N2O5. The van der Waals surface area contributed by atoms with E-state index in [2.05, 4.69) is 0 Å². The zero-order chi connectivity index (χ0) is 24.4. The van der Waals surface area contributed by atoms with Crippen LogP contribution < -0.4 is 14.4 Å². The molecule has 2 aliphatic rings. The SMILES string of the molecule is COc1ccc(OC)c(/C(O)=C2\C(=O)C(=O)N(C3CCCCC3)C2c2ccc(N(C)C)cc2)c1. The van der Waals surface area contributed by atoms with Crippen LogP contribution >= 0.6 is 0 Å². The molecular weight excluding hydrogens is 432 g/mol. The largest absolute Gasteiger partial charge is 0.507 e. The van der Waals surface area contributed by atoms with Crippen molar-refractivity contribution in [1.29, 1.82) is 0 Å². The average molecular weight is 465 g/mol. The molecule has 1 saturated heterocycles. The van der Waals surface area contributed by atoms with Crippen molar-refractivity contribution < 1.29 is 24.2 Å². The Morgan fingerprint density at radius 2 is 1.65 bits per heavy atom. The van der Waals surface area contributed by atoms with E-state index in [1.54, 1.807) is 23.1 Å². The lowest BCUT2D eigenvalue weighted by Gasteiger charge is -2.35. The molecule has 0 radical (unpaired) electrons. The van der Waals surface area contributed by atoms with E-state index in [4.69, 9.17) is 9.47 Å². The maximum atomic E-state index is 13.4. The van der Waals surface area contributed by atoms with E-state index in [1.807, 2.05) is 43.3 Å². The second kappa shape index (κ2) is 9.79. The number of ketones is 1. The van der Waals surface area contributed by atoms with Crippen molar-refractivity contribution in [2.45, 2.75) is 44.2 Å². The number of amides is 1. The minimum Gasteiger partial charge on any atom is -0.507 e. The highest BCUT2D eigenvalue weighted by Gasteiger charge is 2.49. The van der Waals surface area contributed by atoms with Gasteiger partial charge < -0.3 is 24.4 Å². The smallest absolute Gasteiger partial charge is 0.295 e. The van der Waals surface area contributed by atoms with Gasteiger partial charge in [0.15, 0.2) is 0 Å². The summed E-state index contributed by atoms with van der Waals surface area (Å²) in [4.78, 5) is 30.4. The summed E-state index contributed by atoms with van der Waals surface area (Å²) >= 11 is 0. The maximum absolute atomic E-state index is 13.4. The Bertz CT molecular complexity index is 1100. The summed E-state index contributed by atoms with van der Waals surface area (Å²) < 4.78 is 10.8. The van der Waals surface area contributed by atoms with E-state index in [1.165, 1.54) is 14.2 Å². The van der Waals surface area contributed by atoms with Crippen molar-refractivity contribution in [3.8, 4) is 11.5 Å². The molecule has 2 aromatic rings. The van der Waals surface area contributed by atoms with Crippen LogP contribution in [0, 0.1) is 0 Å². The molecule has 34 heavy (non-hydrogen) atoms. The average Bonchev–Trinajstić information content (AvgIpc) is 3.14. The number of carbonyl (C=O) groups is 2. The van der Waals surface area contributed by atoms with Gasteiger partial charge in [-0.15, -0.1) is 0 Å². The number of rotatable bonds is 6. The quantitative estimate of drug-likeness (QED) is 0.385. The van der Waals surface area contributed by atoms with E-state index in [9.17, 15) is 14.7 Å². The van der Waals surface area contributed by atoms with Crippen LogP contribution in [0.1, 0.15) is 49.3 Å². The van der Waals surface area contributed by atoms with E-state index in [0.29, 0.717) is 17.1 Å². The minimum absolute atomic E-state index is 0.0405. The Kier molecular flexibility index (Phi) is 6.82. The fourth-order valence-electron chi connectivity index (χ4n) is 5.01. The van der Waals surface area contributed by atoms with Gasteiger partial charge in [0.25, 0.3) is 11.7 Å². The van der Waals surface area contributed by atoms with Crippen molar-refractivity contribution in [3.63, 3.8) is 0 Å². The van der Waals surface area contributed by atoms with Crippen LogP contribution in [0.5, 0.6) is 11.5 Å². The molecule has 1 atom stereocenters. The van der Waals surface area contributed by atoms with Gasteiger partial charge in [-0.05, 0) is 48.7 Å². The van der Waals surface area contributed by atoms with Crippen LogP contribution in [0.4, 0.5) is 5.69 Å². The fraction of sp³-hybridized carbons (Fsp3) is 0.407. The number of carbonyl (C=O) groups excluding carboxylic acids is 2. The highest BCUT2D eigenvalue weighted by molar-refractivity contribution is 6.46. The van der Waals surface area contributed by atoms with Crippen molar-refractivity contribution in [2.24, 2.45) is 0 Å². The number of ether oxygens (including phenoxy) is 2. The van der Waals surface area contributed by atoms with Crippen molar-refractivity contribution in [1.82, 2.24) is 4.90 Å². The normalized spacial score (nSPS) is 20.5. The van der Waals surface area contributed by atoms with Gasteiger partial charge >= 0.3 is 0 Å². The second-order valence-corrected chi connectivity index (χ2v) is 9.05. The Hall–Kier alpha value is -3.48. The van der Waals surface area contributed by atoms with Gasteiger partial charge in [0.1, 0.15) is 17.3 Å². The first-order valence-electron chi connectivity index (χ1n) is 11.7. The number of hydrogen-bond donors (Lipinski definition) is 1. The summed E-state index contributed by atoms with van der Waals surface area (Å²) in [7, 11) is 6.94. The van der Waals surface area contributed by atoms with Gasteiger partial charge in [-0.3, -0.25) is 9.59 Å². The number of methoxy groups -OCH3 is 2. The number of nitrogens with zero attached hydrogens (tertiary/aromatic N) is 2. The van der Waals surface area contributed by atoms with E-state index >= 15 is 0 Å². The summed E-state index contributed by atoms with van der Waals surface area (Å²) in [6.07, 6.45) is 4.86. The van der Waals surface area contributed by atoms with Gasteiger partial charge in [-0.2, -0.15) is 0 Å². The first-order chi connectivity index (χ1) is 16.4. The molecule has 0 aromatic heterocycles. The molecule has 7 heteroatoms.